The third-order valence-corrected chi connectivity index (χ3v) is 6.30. The van der Waals surface area contributed by atoms with Crippen LogP contribution in [0.2, 0.25) is 0 Å². The normalized spacial score (nSPS) is 15.5. The predicted molar refractivity (Wildman–Crippen MR) is 107 cm³/mol. The Kier molecular flexibility index (Phi) is 4.87. The lowest BCUT2D eigenvalue weighted by molar-refractivity contribution is 0.415. The van der Waals surface area contributed by atoms with Crippen LogP contribution in [-0.2, 0) is 10.0 Å². The van der Waals surface area contributed by atoms with Crippen LogP contribution in [0.5, 0.6) is 5.75 Å². The van der Waals surface area contributed by atoms with E-state index in [1.165, 1.54) is 35.9 Å². The van der Waals surface area contributed by atoms with Gasteiger partial charge in [0.1, 0.15) is 23.0 Å². The van der Waals surface area contributed by atoms with Gasteiger partial charge in [-0.2, -0.15) is 4.31 Å². The van der Waals surface area contributed by atoms with Gasteiger partial charge in [-0.1, -0.05) is 6.08 Å². The second kappa shape index (κ2) is 7.23. The molecule has 1 N–H and O–H groups in total. The van der Waals surface area contributed by atoms with E-state index in [4.69, 9.17) is 4.74 Å². The highest BCUT2D eigenvalue weighted by Crippen LogP contribution is 2.38. The minimum Gasteiger partial charge on any atom is -0.496 e. The molecule has 0 amide bonds. The molecule has 0 fully saturated rings. The molecular weight excluding hydrogens is 400 g/mol. The van der Waals surface area contributed by atoms with E-state index in [1.54, 1.807) is 6.07 Å². The Labute approximate surface area is 166 Å². The van der Waals surface area contributed by atoms with Gasteiger partial charge in [-0.3, -0.25) is 0 Å². The van der Waals surface area contributed by atoms with Crippen LogP contribution < -0.4 is 4.74 Å². The second-order valence-electron chi connectivity index (χ2n) is 6.87. The van der Waals surface area contributed by atoms with Crippen LogP contribution in [0, 0.1) is 11.6 Å². The van der Waals surface area contributed by atoms with Gasteiger partial charge in [0.05, 0.1) is 19.6 Å². The fourth-order valence-electron chi connectivity index (χ4n) is 3.57. The van der Waals surface area contributed by atoms with Crippen molar-refractivity contribution in [2.75, 3.05) is 26.5 Å². The molecule has 0 saturated carbocycles. The van der Waals surface area contributed by atoms with Crippen molar-refractivity contribution in [3.8, 4) is 16.9 Å². The van der Waals surface area contributed by atoms with Crippen LogP contribution in [0.4, 0.5) is 8.78 Å². The molecule has 0 bridgehead atoms. The molecular formula is C20H19F2N3O3S. The van der Waals surface area contributed by atoms with E-state index in [2.05, 4.69) is 9.97 Å². The van der Waals surface area contributed by atoms with Crippen molar-refractivity contribution in [2.45, 2.75) is 6.42 Å². The van der Waals surface area contributed by atoms with E-state index in [1.807, 2.05) is 6.08 Å². The zero-order chi connectivity index (χ0) is 20.8. The average Bonchev–Trinajstić information content (AvgIpc) is 3.11. The number of methoxy groups -OCH3 is 1. The van der Waals surface area contributed by atoms with Gasteiger partial charge >= 0.3 is 0 Å². The van der Waals surface area contributed by atoms with Crippen molar-refractivity contribution in [1.29, 1.82) is 0 Å². The van der Waals surface area contributed by atoms with E-state index in [9.17, 15) is 17.2 Å². The molecule has 0 radical (unpaired) electrons. The van der Waals surface area contributed by atoms with E-state index in [0.717, 1.165) is 17.5 Å². The van der Waals surface area contributed by atoms with E-state index in [0.29, 0.717) is 35.3 Å². The number of nitrogens with one attached hydrogen (secondary N) is 1. The highest BCUT2D eigenvalue weighted by Gasteiger charge is 2.23. The summed E-state index contributed by atoms with van der Waals surface area (Å²) in [6, 6.07) is 5.69. The first kappa shape index (κ1) is 19.5. The summed E-state index contributed by atoms with van der Waals surface area (Å²) in [5.74, 6) is -0.745. The van der Waals surface area contributed by atoms with Crippen LogP contribution in [0.15, 0.2) is 36.5 Å². The van der Waals surface area contributed by atoms with Gasteiger partial charge in [-0.25, -0.2) is 22.2 Å². The number of pyridine rings is 1. The maximum absolute atomic E-state index is 14.7. The number of hydrogen-bond donors (Lipinski definition) is 1. The Morgan fingerprint density at radius 1 is 1.24 bits per heavy atom. The van der Waals surface area contributed by atoms with Gasteiger partial charge in [0.2, 0.25) is 10.0 Å². The van der Waals surface area contributed by atoms with E-state index >= 15 is 0 Å². The molecule has 0 unspecified atom stereocenters. The van der Waals surface area contributed by atoms with E-state index in [-0.39, 0.29) is 12.1 Å². The summed E-state index contributed by atoms with van der Waals surface area (Å²) in [5, 5.41) is 0.496. The number of H-pyrrole nitrogens is 1. The molecule has 1 aliphatic heterocycles. The number of halogens is 2. The average molecular weight is 419 g/mol. The summed E-state index contributed by atoms with van der Waals surface area (Å²) in [5.41, 5.74) is 2.59. The minimum absolute atomic E-state index is 0.197. The molecule has 1 aliphatic rings. The molecule has 2 aromatic heterocycles. The Hall–Kier alpha value is -2.78. The number of aromatic amines is 1. The van der Waals surface area contributed by atoms with Crippen molar-refractivity contribution < 1.29 is 21.9 Å². The van der Waals surface area contributed by atoms with Crippen LogP contribution in [0.25, 0.3) is 27.7 Å². The first-order chi connectivity index (χ1) is 13.8. The number of fused-ring (bicyclic) bond motifs is 1. The zero-order valence-corrected chi connectivity index (χ0v) is 16.7. The topological polar surface area (TPSA) is 75.3 Å². The highest BCUT2D eigenvalue weighted by molar-refractivity contribution is 7.88. The van der Waals surface area contributed by atoms with Crippen molar-refractivity contribution in [3.05, 3.63) is 53.9 Å². The third kappa shape index (κ3) is 3.63. The lowest BCUT2D eigenvalue weighted by Crippen LogP contribution is -2.33. The monoisotopic (exact) mass is 419 g/mol. The molecule has 3 heterocycles. The molecule has 3 aromatic rings. The number of aromatic nitrogens is 2. The van der Waals surface area contributed by atoms with E-state index < -0.39 is 21.7 Å². The minimum atomic E-state index is -3.25. The number of sulfonamides is 1. The fraction of sp³-hybridized carbons (Fsp3) is 0.250. The van der Waals surface area contributed by atoms with Crippen molar-refractivity contribution in [2.24, 2.45) is 0 Å². The van der Waals surface area contributed by atoms with Crippen molar-refractivity contribution >= 4 is 26.6 Å². The summed E-state index contributed by atoms with van der Waals surface area (Å²) < 4.78 is 58.7. The summed E-state index contributed by atoms with van der Waals surface area (Å²) >= 11 is 0. The second-order valence-corrected chi connectivity index (χ2v) is 8.85. The molecule has 9 heteroatoms. The van der Waals surface area contributed by atoms with Gasteiger partial charge < -0.3 is 9.72 Å². The van der Waals surface area contributed by atoms with Gasteiger partial charge in [0.15, 0.2) is 0 Å². The Morgan fingerprint density at radius 3 is 2.69 bits per heavy atom. The molecule has 0 saturated heterocycles. The molecule has 6 nitrogen and oxygen atoms in total. The molecule has 0 spiro atoms. The Balaban J connectivity index is 1.82. The lowest BCUT2D eigenvalue weighted by Gasteiger charge is -2.23. The third-order valence-electron chi connectivity index (χ3n) is 5.03. The maximum atomic E-state index is 14.7. The molecule has 4 rings (SSSR count). The molecule has 29 heavy (non-hydrogen) atoms. The number of nitrogens with zero attached hydrogens (tertiary/aromatic N) is 2. The zero-order valence-electron chi connectivity index (χ0n) is 15.9. The number of benzene rings is 1. The lowest BCUT2D eigenvalue weighted by atomic mass is 10.0. The fourth-order valence-corrected chi connectivity index (χ4v) is 4.34. The highest BCUT2D eigenvalue weighted by atomic mass is 32.2. The summed E-state index contributed by atoms with van der Waals surface area (Å²) in [4.78, 5) is 7.28. The van der Waals surface area contributed by atoms with Gasteiger partial charge in [0.25, 0.3) is 0 Å². The van der Waals surface area contributed by atoms with Crippen molar-refractivity contribution in [3.63, 3.8) is 0 Å². The first-order valence-electron chi connectivity index (χ1n) is 8.93. The quantitative estimate of drug-likeness (QED) is 0.702. The summed E-state index contributed by atoms with van der Waals surface area (Å²) in [6.45, 7) is 0.641. The molecule has 0 atom stereocenters. The smallest absolute Gasteiger partial charge is 0.211 e. The standard InChI is InChI=1S/C20H19F2N3O3S/c1-28-18-4-3-13(21)9-14(18)19-15-10-17(24-20(15)23-11-16(19)22)12-5-7-25(8-6-12)29(2,26)27/h3-5,9-11H,6-8H2,1-2H3,(H,23,24). The SMILES string of the molecule is COc1ccc(F)cc1-c1c(F)cnc2[nH]c(C3=CCN(S(C)(=O)=O)CC3)cc12. The first-order valence-corrected chi connectivity index (χ1v) is 10.8. The molecule has 152 valence electrons. The molecule has 1 aromatic carbocycles. The Bertz CT molecular complexity index is 1240. The maximum Gasteiger partial charge on any atom is 0.211 e. The largest absolute Gasteiger partial charge is 0.496 e. The van der Waals surface area contributed by atoms with Crippen LogP contribution >= 0.6 is 0 Å². The summed E-state index contributed by atoms with van der Waals surface area (Å²) in [7, 11) is -1.81. The van der Waals surface area contributed by atoms with Gasteiger partial charge in [-0.05, 0) is 36.3 Å². The van der Waals surface area contributed by atoms with Crippen LogP contribution in [-0.4, -0.2) is 49.1 Å². The van der Waals surface area contributed by atoms with Crippen molar-refractivity contribution in [1.82, 2.24) is 14.3 Å². The van der Waals surface area contributed by atoms with Crippen LogP contribution in [0.3, 0.4) is 0 Å². The predicted octanol–water partition coefficient (Wildman–Crippen LogP) is 3.57. The number of hydrogen-bond acceptors (Lipinski definition) is 4. The van der Waals surface area contributed by atoms with Crippen LogP contribution in [0.1, 0.15) is 12.1 Å². The summed E-state index contributed by atoms with van der Waals surface area (Å²) in [6.07, 6.45) is 4.61. The number of ether oxygens (including phenoxy) is 1. The molecule has 0 aliphatic carbocycles. The number of rotatable bonds is 4. The Morgan fingerprint density at radius 2 is 2.03 bits per heavy atom. The van der Waals surface area contributed by atoms with Gasteiger partial charge in [-0.15, -0.1) is 0 Å². The van der Waals surface area contributed by atoms with Gasteiger partial charge in [0, 0.05) is 35.3 Å².